The van der Waals surface area contributed by atoms with Crippen molar-refractivity contribution in [3.8, 4) is 0 Å². The van der Waals surface area contributed by atoms with Gasteiger partial charge in [0.05, 0.1) is 5.69 Å². The predicted octanol–water partition coefficient (Wildman–Crippen LogP) is 1.24. The van der Waals surface area contributed by atoms with Crippen molar-refractivity contribution in [2.24, 2.45) is 11.1 Å². The summed E-state index contributed by atoms with van der Waals surface area (Å²) in [6, 6.07) is 0. The van der Waals surface area contributed by atoms with Crippen LogP contribution >= 0.6 is 11.3 Å². The zero-order valence-electron chi connectivity index (χ0n) is 11.1. The topological polar surface area (TPSA) is 85.1 Å². The summed E-state index contributed by atoms with van der Waals surface area (Å²) >= 11 is 1.44. The molecule has 5 nitrogen and oxygen atoms in total. The lowest BCUT2D eigenvalue weighted by molar-refractivity contribution is 0.596. The molecule has 0 spiro atoms. The van der Waals surface area contributed by atoms with E-state index in [2.05, 4.69) is 24.1 Å². The first kappa shape index (κ1) is 15.6. The Kier molecular flexibility index (Phi) is 5.71. The third-order valence-electron chi connectivity index (χ3n) is 2.28. The van der Waals surface area contributed by atoms with E-state index < -0.39 is 10.0 Å². The van der Waals surface area contributed by atoms with Crippen LogP contribution < -0.4 is 10.5 Å². The normalized spacial score (nSPS) is 12.3. The van der Waals surface area contributed by atoms with Gasteiger partial charge in [-0.2, -0.15) is 0 Å². The number of nitrogens with zero attached hydrogens (tertiary/aromatic N) is 1. The highest BCUT2D eigenvalue weighted by atomic mass is 32.2. The molecule has 0 atom stereocenters. The molecule has 1 aromatic heterocycles. The second-order valence-corrected chi connectivity index (χ2v) is 7.45. The third kappa shape index (κ3) is 5.43. The molecular formula is C11H21N3O2S2. The van der Waals surface area contributed by atoms with Gasteiger partial charge in [0, 0.05) is 11.4 Å². The van der Waals surface area contributed by atoms with E-state index >= 15 is 0 Å². The van der Waals surface area contributed by atoms with Gasteiger partial charge in [0.1, 0.15) is 10.8 Å². The van der Waals surface area contributed by atoms with E-state index in [0.717, 1.165) is 30.1 Å². The predicted molar refractivity (Wildman–Crippen MR) is 74.8 cm³/mol. The molecule has 0 unspecified atom stereocenters. The van der Waals surface area contributed by atoms with Crippen LogP contribution in [0.1, 0.15) is 36.3 Å². The van der Waals surface area contributed by atoms with Crippen molar-refractivity contribution in [2.45, 2.75) is 39.5 Å². The summed E-state index contributed by atoms with van der Waals surface area (Å²) in [6.45, 7) is 7.89. The minimum absolute atomic E-state index is 0.172. The van der Waals surface area contributed by atoms with E-state index in [4.69, 9.17) is 5.14 Å². The number of nitrogens with one attached hydrogen (secondary N) is 1. The van der Waals surface area contributed by atoms with Crippen molar-refractivity contribution >= 4 is 21.4 Å². The molecule has 7 heteroatoms. The molecule has 104 valence electrons. The van der Waals surface area contributed by atoms with E-state index in [0.29, 0.717) is 10.9 Å². The van der Waals surface area contributed by atoms with E-state index in [1.54, 1.807) is 0 Å². The fourth-order valence-electron chi connectivity index (χ4n) is 1.59. The Morgan fingerprint density at radius 2 is 2.11 bits per heavy atom. The molecule has 0 radical (unpaired) electrons. The second kappa shape index (κ2) is 6.60. The molecule has 0 aliphatic rings. The fourth-order valence-corrected chi connectivity index (χ4v) is 3.59. The van der Waals surface area contributed by atoms with Gasteiger partial charge in [0.15, 0.2) is 0 Å². The first-order valence-electron chi connectivity index (χ1n) is 6.00. The molecule has 18 heavy (non-hydrogen) atoms. The summed E-state index contributed by atoms with van der Waals surface area (Å²) in [6.07, 6.45) is 0.863. The van der Waals surface area contributed by atoms with Gasteiger partial charge in [-0.25, -0.2) is 18.5 Å². The Bertz CT molecular complexity index is 480. The van der Waals surface area contributed by atoms with E-state index in [9.17, 15) is 8.42 Å². The average molecular weight is 291 g/mol. The van der Waals surface area contributed by atoms with Crippen LogP contribution in [0.4, 0.5) is 0 Å². The standard InChI is InChI=1S/C11H21N3O2S2/c1-4-13-6-10-9(5-8(2)3)14-11(17-10)7-18(12,15)16/h8,13H,4-7H2,1-3H3,(H2,12,15,16). The molecule has 0 fully saturated rings. The quantitative estimate of drug-likeness (QED) is 0.791. The highest BCUT2D eigenvalue weighted by molar-refractivity contribution is 7.88. The second-order valence-electron chi connectivity index (χ2n) is 4.66. The van der Waals surface area contributed by atoms with E-state index in [1.165, 1.54) is 11.3 Å². The van der Waals surface area contributed by atoms with Crippen LogP contribution in [-0.2, 0) is 28.7 Å². The van der Waals surface area contributed by atoms with Crippen molar-refractivity contribution in [3.63, 3.8) is 0 Å². The molecule has 0 saturated carbocycles. The lowest BCUT2D eigenvalue weighted by atomic mass is 10.1. The van der Waals surface area contributed by atoms with Crippen LogP contribution in [-0.4, -0.2) is 19.9 Å². The summed E-state index contributed by atoms with van der Waals surface area (Å²) in [5.74, 6) is 0.323. The highest BCUT2D eigenvalue weighted by Crippen LogP contribution is 2.22. The first-order valence-corrected chi connectivity index (χ1v) is 8.53. The van der Waals surface area contributed by atoms with Gasteiger partial charge in [-0.1, -0.05) is 20.8 Å². The van der Waals surface area contributed by atoms with E-state index in [-0.39, 0.29) is 5.75 Å². The van der Waals surface area contributed by atoms with Gasteiger partial charge in [0.2, 0.25) is 10.0 Å². The number of aromatic nitrogens is 1. The number of rotatable bonds is 7. The maximum absolute atomic E-state index is 11.1. The monoisotopic (exact) mass is 291 g/mol. The van der Waals surface area contributed by atoms with Crippen LogP contribution in [0.3, 0.4) is 0 Å². The number of sulfonamides is 1. The Labute approximate surface area is 113 Å². The minimum atomic E-state index is -3.50. The summed E-state index contributed by atoms with van der Waals surface area (Å²) in [5, 5.41) is 8.88. The number of thiazole rings is 1. The van der Waals surface area contributed by atoms with Crippen molar-refractivity contribution < 1.29 is 8.42 Å². The van der Waals surface area contributed by atoms with Gasteiger partial charge < -0.3 is 5.32 Å². The summed E-state index contributed by atoms with van der Waals surface area (Å²) < 4.78 is 22.2. The van der Waals surface area contributed by atoms with Crippen LogP contribution in [0.25, 0.3) is 0 Å². The summed E-state index contributed by atoms with van der Waals surface area (Å²) in [4.78, 5) is 5.52. The molecule has 1 rings (SSSR count). The maximum Gasteiger partial charge on any atom is 0.215 e. The van der Waals surface area contributed by atoms with Crippen LogP contribution in [0.15, 0.2) is 0 Å². The first-order chi connectivity index (χ1) is 8.31. The SMILES string of the molecule is CCNCc1sc(CS(N)(=O)=O)nc1CC(C)C. The van der Waals surface area contributed by atoms with E-state index in [1.807, 2.05) is 6.92 Å². The van der Waals surface area contributed by atoms with Crippen LogP contribution in [0.5, 0.6) is 0 Å². The zero-order valence-corrected chi connectivity index (χ0v) is 12.7. The Morgan fingerprint density at radius 1 is 1.44 bits per heavy atom. The molecule has 0 amide bonds. The lowest BCUT2D eigenvalue weighted by Gasteiger charge is -2.04. The number of nitrogens with two attached hydrogens (primary N) is 1. The summed E-state index contributed by atoms with van der Waals surface area (Å²) in [5.41, 5.74) is 0.995. The largest absolute Gasteiger partial charge is 0.312 e. The lowest BCUT2D eigenvalue weighted by Crippen LogP contribution is -2.14. The number of hydrogen-bond acceptors (Lipinski definition) is 5. The average Bonchev–Trinajstić information content (AvgIpc) is 2.53. The third-order valence-corrected chi connectivity index (χ3v) is 4.24. The molecule has 0 aliphatic carbocycles. The zero-order chi connectivity index (χ0) is 13.8. The van der Waals surface area contributed by atoms with Crippen molar-refractivity contribution in [3.05, 3.63) is 15.6 Å². The van der Waals surface area contributed by atoms with Crippen molar-refractivity contribution in [1.82, 2.24) is 10.3 Å². The molecule has 1 heterocycles. The van der Waals surface area contributed by atoms with Gasteiger partial charge in [0.25, 0.3) is 0 Å². The smallest absolute Gasteiger partial charge is 0.215 e. The Hall–Kier alpha value is -0.500. The van der Waals surface area contributed by atoms with Gasteiger partial charge in [-0.15, -0.1) is 11.3 Å². The maximum atomic E-state index is 11.1. The van der Waals surface area contributed by atoms with Gasteiger partial charge >= 0.3 is 0 Å². The summed E-state index contributed by atoms with van der Waals surface area (Å²) in [7, 11) is -3.50. The van der Waals surface area contributed by atoms with Crippen molar-refractivity contribution in [1.29, 1.82) is 0 Å². The molecule has 3 N–H and O–H groups in total. The van der Waals surface area contributed by atoms with Gasteiger partial charge in [-0.05, 0) is 18.9 Å². The van der Waals surface area contributed by atoms with Crippen LogP contribution in [0.2, 0.25) is 0 Å². The van der Waals surface area contributed by atoms with Crippen LogP contribution in [0, 0.1) is 5.92 Å². The molecule has 0 aliphatic heterocycles. The fraction of sp³-hybridized carbons (Fsp3) is 0.727. The highest BCUT2D eigenvalue weighted by Gasteiger charge is 2.15. The molecule has 1 aromatic rings. The van der Waals surface area contributed by atoms with Gasteiger partial charge in [-0.3, -0.25) is 0 Å². The molecule has 0 aromatic carbocycles. The number of primary sulfonamides is 1. The Balaban J connectivity index is 2.91. The molecule has 0 bridgehead atoms. The molecular weight excluding hydrogens is 270 g/mol. The molecule has 0 saturated heterocycles. The Morgan fingerprint density at radius 3 is 2.61 bits per heavy atom. The minimum Gasteiger partial charge on any atom is -0.312 e. The number of hydrogen-bond donors (Lipinski definition) is 2. The van der Waals surface area contributed by atoms with Crippen molar-refractivity contribution in [2.75, 3.05) is 6.54 Å².